The van der Waals surface area contributed by atoms with Crippen LogP contribution in [0.5, 0.6) is 0 Å². The van der Waals surface area contributed by atoms with Crippen molar-refractivity contribution >= 4 is 11.7 Å². The molecule has 9 heteroatoms. The van der Waals surface area contributed by atoms with Crippen LogP contribution in [0.1, 0.15) is 5.69 Å². The molecule has 2 aromatic rings. The Bertz CT molecular complexity index is 763. The van der Waals surface area contributed by atoms with Gasteiger partial charge in [0, 0.05) is 7.05 Å². The number of alkyl halides is 3. The Morgan fingerprint density at radius 1 is 1.22 bits per heavy atom. The number of amides is 2. The van der Waals surface area contributed by atoms with Crippen molar-refractivity contribution in [1.29, 1.82) is 0 Å². The van der Waals surface area contributed by atoms with E-state index >= 15 is 0 Å². The van der Waals surface area contributed by atoms with Gasteiger partial charge in [-0.25, -0.2) is 9.48 Å². The molecule has 0 saturated heterocycles. The highest BCUT2D eigenvalue weighted by molar-refractivity contribution is 5.89. The molecule has 2 amide bonds. The summed E-state index contributed by atoms with van der Waals surface area (Å²) in [6, 6.07) is 7.59. The van der Waals surface area contributed by atoms with Crippen LogP contribution in [0.25, 0.3) is 5.69 Å². The fourth-order valence-corrected chi connectivity index (χ4v) is 2.05. The third-order valence-electron chi connectivity index (χ3n) is 3.24. The van der Waals surface area contributed by atoms with Gasteiger partial charge in [-0.2, -0.15) is 13.2 Å². The van der Waals surface area contributed by atoms with E-state index in [2.05, 4.69) is 5.32 Å². The van der Waals surface area contributed by atoms with Crippen molar-refractivity contribution in [1.82, 2.24) is 14.7 Å². The number of anilines is 1. The van der Waals surface area contributed by atoms with Crippen LogP contribution in [0.2, 0.25) is 0 Å². The van der Waals surface area contributed by atoms with Crippen LogP contribution in [-0.2, 0) is 7.05 Å². The Labute approximate surface area is 129 Å². The molecule has 2 rings (SSSR count). The first kappa shape index (κ1) is 16.7. The van der Waals surface area contributed by atoms with Crippen molar-refractivity contribution in [3.63, 3.8) is 0 Å². The van der Waals surface area contributed by atoms with E-state index in [1.165, 1.54) is 9.36 Å². The van der Waals surface area contributed by atoms with Crippen LogP contribution in [0.3, 0.4) is 0 Å². The summed E-state index contributed by atoms with van der Waals surface area (Å²) in [5, 5.41) is 3.84. The zero-order chi connectivity index (χ0) is 17.2. The third kappa shape index (κ3) is 3.74. The average Bonchev–Trinajstić information content (AvgIpc) is 2.69. The molecule has 0 bridgehead atoms. The van der Waals surface area contributed by atoms with E-state index in [-0.39, 0.29) is 5.69 Å². The molecule has 1 aromatic carbocycles. The second-order valence-corrected chi connectivity index (χ2v) is 4.86. The molecule has 0 atom stereocenters. The van der Waals surface area contributed by atoms with Gasteiger partial charge in [0.15, 0.2) is 0 Å². The summed E-state index contributed by atoms with van der Waals surface area (Å²) in [5.41, 5.74) is 0.391. The summed E-state index contributed by atoms with van der Waals surface area (Å²) in [7, 11) is 1.61. The van der Waals surface area contributed by atoms with Gasteiger partial charge in [-0.05, 0) is 19.1 Å². The van der Waals surface area contributed by atoms with Crippen LogP contribution >= 0.6 is 0 Å². The van der Waals surface area contributed by atoms with Gasteiger partial charge < -0.3 is 10.6 Å². The number of nitrogens with one attached hydrogen (secondary N) is 2. The summed E-state index contributed by atoms with van der Waals surface area (Å²) in [4.78, 5) is 24.0. The molecule has 0 unspecified atom stereocenters. The highest BCUT2D eigenvalue weighted by Gasteiger charge is 2.28. The highest BCUT2D eigenvalue weighted by atomic mass is 19.4. The Balaban J connectivity index is 2.28. The molecule has 124 valence electrons. The van der Waals surface area contributed by atoms with E-state index in [4.69, 9.17) is 0 Å². The Kier molecular flexibility index (Phi) is 4.48. The molecule has 6 nitrogen and oxygen atoms in total. The van der Waals surface area contributed by atoms with E-state index in [0.29, 0.717) is 11.4 Å². The number of aromatic nitrogens is 2. The van der Waals surface area contributed by atoms with Crippen LogP contribution in [0, 0.1) is 6.92 Å². The lowest BCUT2D eigenvalue weighted by Crippen LogP contribution is -2.37. The number of rotatable bonds is 3. The molecule has 0 spiro atoms. The normalized spacial score (nSPS) is 11.3. The maximum Gasteiger partial charge on any atom is 0.405 e. The molecule has 0 fully saturated rings. The van der Waals surface area contributed by atoms with Crippen molar-refractivity contribution in [2.75, 3.05) is 11.9 Å². The van der Waals surface area contributed by atoms with Crippen LogP contribution < -0.4 is 16.2 Å². The minimum Gasteiger partial charge on any atom is -0.329 e. The van der Waals surface area contributed by atoms with Gasteiger partial charge >= 0.3 is 12.2 Å². The maximum atomic E-state index is 12.4. The molecule has 1 heterocycles. The topological polar surface area (TPSA) is 68.1 Å². The lowest BCUT2D eigenvalue weighted by molar-refractivity contribution is -0.122. The van der Waals surface area contributed by atoms with Gasteiger partial charge in [-0.1, -0.05) is 18.2 Å². The fourth-order valence-electron chi connectivity index (χ4n) is 2.05. The van der Waals surface area contributed by atoms with E-state index in [9.17, 15) is 22.8 Å². The van der Waals surface area contributed by atoms with Gasteiger partial charge in [-0.15, -0.1) is 0 Å². The molecule has 0 aliphatic rings. The van der Waals surface area contributed by atoms with Gasteiger partial charge in [0.2, 0.25) is 0 Å². The molecule has 2 N–H and O–H groups in total. The number of carbonyl (C=O) groups is 1. The van der Waals surface area contributed by atoms with Gasteiger partial charge in [-0.3, -0.25) is 9.48 Å². The number of urea groups is 1. The largest absolute Gasteiger partial charge is 0.405 e. The lowest BCUT2D eigenvalue weighted by Gasteiger charge is -2.09. The second kappa shape index (κ2) is 6.19. The predicted octanol–water partition coefficient (Wildman–Crippen LogP) is 2.17. The molecule has 1 aromatic heterocycles. The monoisotopic (exact) mass is 328 g/mol. The van der Waals surface area contributed by atoms with E-state index in [1.807, 2.05) is 0 Å². The first-order valence-electron chi connectivity index (χ1n) is 6.66. The first-order chi connectivity index (χ1) is 10.7. The first-order valence-corrected chi connectivity index (χ1v) is 6.66. The summed E-state index contributed by atoms with van der Waals surface area (Å²) in [6.45, 7) is 0.109. The molecule has 0 aliphatic carbocycles. The zero-order valence-corrected chi connectivity index (χ0v) is 12.4. The summed E-state index contributed by atoms with van der Waals surface area (Å²) >= 11 is 0. The maximum absolute atomic E-state index is 12.4. The van der Waals surface area contributed by atoms with Gasteiger partial charge in [0.05, 0.1) is 11.4 Å². The van der Waals surface area contributed by atoms with Crippen LogP contribution in [0.4, 0.5) is 23.7 Å². The number of para-hydroxylation sites is 1. The molecule has 0 saturated carbocycles. The smallest absolute Gasteiger partial charge is 0.329 e. The minimum atomic E-state index is -4.52. The van der Waals surface area contributed by atoms with Crippen LogP contribution in [-0.4, -0.2) is 28.1 Å². The molecular weight excluding hydrogens is 313 g/mol. The number of nitrogens with zero attached hydrogens (tertiary/aromatic N) is 2. The lowest BCUT2D eigenvalue weighted by atomic mass is 10.3. The molecular formula is C14H15F3N4O2. The third-order valence-corrected chi connectivity index (χ3v) is 3.24. The zero-order valence-electron chi connectivity index (χ0n) is 12.4. The number of carbonyl (C=O) groups excluding carboxylic acids is 1. The van der Waals surface area contributed by atoms with Crippen molar-refractivity contribution < 1.29 is 18.0 Å². The van der Waals surface area contributed by atoms with Crippen molar-refractivity contribution in [2.24, 2.45) is 7.05 Å². The highest BCUT2D eigenvalue weighted by Crippen LogP contribution is 2.15. The summed E-state index contributed by atoms with van der Waals surface area (Å²) in [6.07, 6.45) is -4.52. The molecule has 0 radical (unpaired) electrons. The quantitative estimate of drug-likeness (QED) is 0.907. The number of hydrogen-bond acceptors (Lipinski definition) is 2. The Morgan fingerprint density at radius 2 is 1.83 bits per heavy atom. The Hall–Kier alpha value is -2.71. The summed E-state index contributed by atoms with van der Waals surface area (Å²) in [5.74, 6) is 0. The van der Waals surface area contributed by atoms with Gasteiger partial charge in [0.1, 0.15) is 12.2 Å². The van der Waals surface area contributed by atoms with Crippen molar-refractivity contribution in [3.05, 3.63) is 46.4 Å². The Morgan fingerprint density at radius 3 is 2.39 bits per heavy atom. The fraction of sp³-hybridized carbons (Fsp3) is 0.286. The minimum absolute atomic E-state index is 0.0731. The number of benzene rings is 1. The van der Waals surface area contributed by atoms with E-state index in [1.54, 1.807) is 49.6 Å². The second-order valence-electron chi connectivity index (χ2n) is 4.86. The summed E-state index contributed by atoms with van der Waals surface area (Å²) < 4.78 is 39.1. The average molecular weight is 328 g/mol. The predicted molar refractivity (Wildman–Crippen MR) is 78.8 cm³/mol. The van der Waals surface area contributed by atoms with E-state index in [0.717, 1.165) is 0 Å². The van der Waals surface area contributed by atoms with Crippen LogP contribution in [0.15, 0.2) is 35.1 Å². The molecule has 0 aliphatic heterocycles. The van der Waals surface area contributed by atoms with Gasteiger partial charge in [0.25, 0.3) is 5.56 Å². The molecule has 23 heavy (non-hydrogen) atoms. The van der Waals surface area contributed by atoms with E-state index < -0.39 is 24.3 Å². The standard InChI is InChI=1S/C14H15F3N4O2/c1-9-11(19-13(23)18-8-14(15,16)17)12(22)21(20(9)2)10-6-4-3-5-7-10/h3-7H,8H2,1-2H3,(H2,18,19,23). The SMILES string of the molecule is Cc1c(NC(=O)NCC(F)(F)F)c(=O)n(-c2ccccc2)n1C. The van der Waals surface area contributed by atoms with Crippen molar-refractivity contribution in [3.8, 4) is 5.69 Å². The van der Waals surface area contributed by atoms with Crippen molar-refractivity contribution in [2.45, 2.75) is 13.1 Å². The number of halogens is 3. The number of hydrogen-bond donors (Lipinski definition) is 2.